The first-order valence-corrected chi connectivity index (χ1v) is 6.64. The second-order valence-corrected chi connectivity index (χ2v) is 4.99. The van der Waals surface area contributed by atoms with Crippen molar-refractivity contribution in [2.45, 2.75) is 32.0 Å². The quantitative estimate of drug-likeness (QED) is 0.842. The minimum atomic E-state index is -0.00995. The van der Waals surface area contributed by atoms with Gasteiger partial charge in [-0.2, -0.15) is 0 Å². The van der Waals surface area contributed by atoms with Crippen molar-refractivity contribution in [1.82, 2.24) is 20.2 Å². The van der Waals surface area contributed by atoms with Crippen LogP contribution in [0.2, 0.25) is 0 Å². The van der Waals surface area contributed by atoms with Crippen molar-refractivity contribution in [2.24, 2.45) is 0 Å². The fourth-order valence-electron chi connectivity index (χ4n) is 2.23. The molecule has 1 amide bonds. The molecule has 100 valence electrons. The van der Waals surface area contributed by atoms with E-state index in [1.165, 1.54) is 18.4 Å². The molecule has 0 aliphatic heterocycles. The maximum absolute atomic E-state index is 11.5. The fourth-order valence-corrected chi connectivity index (χ4v) is 2.23. The second kappa shape index (κ2) is 5.01. The second-order valence-electron chi connectivity index (χ2n) is 4.99. The first-order chi connectivity index (χ1) is 9.28. The molecular formula is C14H18N4O. The molecule has 19 heavy (non-hydrogen) atoms. The number of hydrogen-bond donors (Lipinski definition) is 2. The summed E-state index contributed by atoms with van der Waals surface area (Å²) in [6.07, 6.45) is 6.34. The molecule has 1 fully saturated rings. The Balaban J connectivity index is 1.90. The van der Waals surface area contributed by atoms with Gasteiger partial charge in [0, 0.05) is 37.4 Å². The Kier molecular flexibility index (Phi) is 3.21. The van der Waals surface area contributed by atoms with Crippen LogP contribution in [-0.2, 0) is 17.9 Å². The van der Waals surface area contributed by atoms with E-state index in [4.69, 9.17) is 0 Å². The van der Waals surface area contributed by atoms with E-state index in [9.17, 15) is 4.79 Å². The molecule has 5 nitrogen and oxygen atoms in total. The molecule has 2 aromatic rings. The molecule has 2 heterocycles. The number of carbonyl (C=O) groups excluding carboxylic acids is 1. The van der Waals surface area contributed by atoms with Crippen molar-refractivity contribution in [3.63, 3.8) is 0 Å². The van der Waals surface area contributed by atoms with Crippen molar-refractivity contribution in [3.05, 3.63) is 30.1 Å². The Morgan fingerprint density at radius 1 is 1.53 bits per heavy atom. The third-order valence-electron chi connectivity index (χ3n) is 3.47. The molecule has 1 aliphatic carbocycles. The molecule has 2 aromatic heterocycles. The molecule has 3 rings (SSSR count). The van der Waals surface area contributed by atoms with Crippen LogP contribution in [0.15, 0.2) is 24.5 Å². The number of nitrogens with one attached hydrogen (secondary N) is 2. The van der Waals surface area contributed by atoms with Crippen molar-refractivity contribution >= 4 is 16.9 Å². The summed E-state index contributed by atoms with van der Waals surface area (Å²) >= 11 is 0. The highest BCUT2D eigenvalue weighted by atomic mass is 16.1. The van der Waals surface area contributed by atoms with Gasteiger partial charge in [-0.15, -0.1) is 0 Å². The predicted octanol–water partition coefficient (Wildman–Crippen LogP) is 1.03. The van der Waals surface area contributed by atoms with Gasteiger partial charge in [-0.25, -0.2) is 4.98 Å². The van der Waals surface area contributed by atoms with E-state index in [-0.39, 0.29) is 5.91 Å². The van der Waals surface area contributed by atoms with E-state index >= 15 is 0 Å². The molecule has 2 N–H and O–H groups in total. The highest BCUT2D eigenvalue weighted by Gasteiger charge is 2.21. The molecule has 0 saturated heterocycles. The largest absolute Gasteiger partial charge is 0.358 e. The summed E-state index contributed by atoms with van der Waals surface area (Å²) in [5.74, 6) is -0.00995. The lowest BCUT2D eigenvalue weighted by Gasteiger charge is -2.02. The lowest BCUT2D eigenvalue weighted by molar-refractivity contribution is -0.121. The van der Waals surface area contributed by atoms with Gasteiger partial charge in [0.2, 0.25) is 5.91 Å². The van der Waals surface area contributed by atoms with Gasteiger partial charge in [-0.05, 0) is 30.5 Å². The minimum absolute atomic E-state index is 0.00995. The molecule has 0 unspecified atom stereocenters. The van der Waals surface area contributed by atoms with E-state index < -0.39 is 0 Å². The smallest absolute Gasteiger partial charge is 0.239 e. The normalized spacial score (nSPS) is 14.8. The number of hydrogen-bond acceptors (Lipinski definition) is 3. The van der Waals surface area contributed by atoms with Gasteiger partial charge >= 0.3 is 0 Å². The van der Waals surface area contributed by atoms with Gasteiger partial charge in [0.15, 0.2) is 0 Å². The van der Waals surface area contributed by atoms with Crippen LogP contribution in [0, 0.1) is 0 Å². The minimum Gasteiger partial charge on any atom is -0.358 e. The number of likely N-dealkylation sites (N-methyl/N-ethyl adjacent to an activating group) is 1. The molecule has 1 aliphatic rings. The van der Waals surface area contributed by atoms with Crippen LogP contribution in [0.5, 0.6) is 0 Å². The summed E-state index contributed by atoms with van der Waals surface area (Å²) < 4.78 is 1.91. The Morgan fingerprint density at radius 2 is 2.37 bits per heavy atom. The molecule has 0 aromatic carbocycles. The zero-order chi connectivity index (χ0) is 13.2. The first-order valence-electron chi connectivity index (χ1n) is 6.64. The van der Waals surface area contributed by atoms with Crippen molar-refractivity contribution in [1.29, 1.82) is 0 Å². The highest BCUT2D eigenvalue weighted by Crippen LogP contribution is 2.23. The first kappa shape index (κ1) is 12.2. The summed E-state index contributed by atoms with van der Waals surface area (Å²) in [6.45, 7) is 1.15. The Bertz CT molecular complexity index is 601. The summed E-state index contributed by atoms with van der Waals surface area (Å²) in [4.78, 5) is 15.9. The van der Waals surface area contributed by atoms with E-state index in [2.05, 4.69) is 21.7 Å². The molecular weight excluding hydrogens is 240 g/mol. The van der Waals surface area contributed by atoms with Crippen LogP contribution in [-0.4, -0.2) is 28.5 Å². The van der Waals surface area contributed by atoms with Crippen LogP contribution in [0.1, 0.15) is 18.4 Å². The van der Waals surface area contributed by atoms with Gasteiger partial charge in [0.1, 0.15) is 12.2 Å². The number of amides is 1. The molecule has 5 heteroatoms. The lowest BCUT2D eigenvalue weighted by atomic mass is 10.2. The topological polar surface area (TPSA) is 59.0 Å². The lowest BCUT2D eigenvalue weighted by Crippen LogP contribution is -2.23. The van der Waals surface area contributed by atoms with Crippen LogP contribution >= 0.6 is 0 Å². The standard InChI is InChI=1S/C14H18N4O/c1-15-13(19)9-18-8-10(7-17-11-4-5-11)12-3-2-6-16-14(12)18/h2-3,6,8,11,17H,4-5,7,9H2,1H3,(H,15,19). The number of carbonyl (C=O) groups is 1. The molecule has 0 bridgehead atoms. The number of fused-ring (bicyclic) bond motifs is 1. The van der Waals surface area contributed by atoms with Crippen molar-refractivity contribution in [3.8, 4) is 0 Å². The van der Waals surface area contributed by atoms with Crippen LogP contribution in [0.3, 0.4) is 0 Å². The van der Waals surface area contributed by atoms with Gasteiger partial charge in [0.25, 0.3) is 0 Å². The summed E-state index contributed by atoms with van der Waals surface area (Å²) in [5.41, 5.74) is 2.08. The number of nitrogens with zero attached hydrogens (tertiary/aromatic N) is 2. The molecule has 0 atom stereocenters. The molecule has 0 radical (unpaired) electrons. The van der Waals surface area contributed by atoms with Crippen LogP contribution < -0.4 is 10.6 Å². The predicted molar refractivity (Wildman–Crippen MR) is 73.7 cm³/mol. The van der Waals surface area contributed by atoms with Gasteiger partial charge in [-0.3, -0.25) is 4.79 Å². The van der Waals surface area contributed by atoms with Crippen LogP contribution in [0.25, 0.3) is 11.0 Å². The van der Waals surface area contributed by atoms with Gasteiger partial charge in [0.05, 0.1) is 0 Å². The van der Waals surface area contributed by atoms with Gasteiger partial charge in [-0.1, -0.05) is 0 Å². The summed E-state index contributed by atoms with van der Waals surface area (Å²) in [7, 11) is 1.65. The Labute approximate surface area is 112 Å². The van der Waals surface area contributed by atoms with Crippen molar-refractivity contribution in [2.75, 3.05) is 7.05 Å². The Morgan fingerprint density at radius 3 is 3.11 bits per heavy atom. The number of pyridine rings is 1. The Hall–Kier alpha value is -1.88. The summed E-state index contributed by atoms with van der Waals surface area (Å²) in [5, 5.41) is 7.27. The molecule has 0 spiro atoms. The fraction of sp³-hybridized carbons (Fsp3) is 0.429. The third kappa shape index (κ3) is 2.61. The van der Waals surface area contributed by atoms with E-state index in [0.717, 1.165) is 17.6 Å². The maximum Gasteiger partial charge on any atom is 0.239 e. The monoisotopic (exact) mass is 258 g/mol. The van der Waals surface area contributed by atoms with E-state index in [0.29, 0.717) is 12.6 Å². The molecule has 1 saturated carbocycles. The van der Waals surface area contributed by atoms with Crippen molar-refractivity contribution < 1.29 is 4.79 Å². The third-order valence-corrected chi connectivity index (χ3v) is 3.47. The number of rotatable bonds is 5. The van der Waals surface area contributed by atoms with E-state index in [1.54, 1.807) is 13.2 Å². The number of aromatic nitrogens is 2. The zero-order valence-electron chi connectivity index (χ0n) is 11.0. The zero-order valence-corrected chi connectivity index (χ0v) is 11.0. The van der Waals surface area contributed by atoms with Gasteiger partial charge < -0.3 is 15.2 Å². The summed E-state index contributed by atoms with van der Waals surface area (Å²) in [6, 6.07) is 4.67. The average molecular weight is 258 g/mol. The van der Waals surface area contributed by atoms with E-state index in [1.807, 2.05) is 16.8 Å². The van der Waals surface area contributed by atoms with Crippen LogP contribution in [0.4, 0.5) is 0 Å². The average Bonchev–Trinajstić information content (AvgIpc) is 3.20. The maximum atomic E-state index is 11.5. The SMILES string of the molecule is CNC(=O)Cn1cc(CNC2CC2)c2cccnc21. The highest BCUT2D eigenvalue weighted by molar-refractivity contribution is 5.83.